The average Bonchev–Trinajstić information content (AvgIpc) is 3.40. The van der Waals surface area contributed by atoms with Crippen molar-refractivity contribution >= 4 is 32.6 Å². The molecule has 0 radical (unpaired) electrons. The molecule has 0 aliphatic heterocycles. The molecule has 5 aromatic rings. The standard InChI is InChI=1S/C18H15N7OS/c26-6-5-24-10-13(8-20-24)12-1-2-14-16(7-12)25(23-22-14)11-18-21-15-9-19-4-3-17(15)27-18/h1-4,7-10,26H,5-6,11H2. The maximum absolute atomic E-state index is 9.05. The van der Waals surface area contributed by atoms with E-state index in [-0.39, 0.29) is 6.61 Å². The van der Waals surface area contributed by atoms with E-state index >= 15 is 0 Å². The van der Waals surface area contributed by atoms with E-state index in [1.807, 2.05) is 29.1 Å². The highest BCUT2D eigenvalue weighted by molar-refractivity contribution is 7.18. The molecule has 0 amide bonds. The Bertz CT molecular complexity index is 1210. The van der Waals surface area contributed by atoms with E-state index < -0.39 is 0 Å². The number of aromatic nitrogens is 7. The number of fused-ring (bicyclic) bond motifs is 2. The monoisotopic (exact) mass is 377 g/mol. The Hall–Kier alpha value is -3.17. The first-order valence-electron chi connectivity index (χ1n) is 8.46. The number of aliphatic hydroxyl groups excluding tert-OH is 1. The van der Waals surface area contributed by atoms with Gasteiger partial charge in [-0.3, -0.25) is 9.67 Å². The molecule has 0 bridgehead atoms. The molecule has 1 N–H and O–H groups in total. The maximum atomic E-state index is 9.05. The number of hydrogen-bond donors (Lipinski definition) is 1. The highest BCUT2D eigenvalue weighted by atomic mass is 32.1. The molecule has 134 valence electrons. The fourth-order valence-corrected chi connectivity index (χ4v) is 3.94. The Kier molecular flexibility index (Phi) is 3.88. The van der Waals surface area contributed by atoms with Crippen LogP contribution in [0.15, 0.2) is 49.1 Å². The summed E-state index contributed by atoms with van der Waals surface area (Å²) in [6, 6.07) is 7.99. The Labute approximate surface area is 157 Å². The number of rotatable bonds is 5. The van der Waals surface area contributed by atoms with Crippen molar-refractivity contribution in [1.29, 1.82) is 0 Å². The zero-order valence-electron chi connectivity index (χ0n) is 14.2. The van der Waals surface area contributed by atoms with Crippen molar-refractivity contribution in [2.24, 2.45) is 0 Å². The van der Waals surface area contributed by atoms with Gasteiger partial charge in [-0.2, -0.15) is 5.10 Å². The van der Waals surface area contributed by atoms with E-state index in [0.29, 0.717) is 13.1 Å². The maximum Gasteiger partial charge on any atom is 0.116 e. The predicted molar refractivity (Wildman–Crippen MR) is 102 cm³/mol. The third kappa shape index (κ3) is 2.96. The molecule has 5 rings (SSSR count). The van der Waals surface area contributed by atoms with Gasteiger partial charge >= 0.3 is 0 Å². The summed E-state index contributed by atoms with van der Waals surface area (Å²) in [5.41, 5.74) is 4.70. The number of pyridine rings is 1. The van der Waals surface area contributed by atoms with Crippen molar-refractivity contribution < 1.29 is 5.11 Å². The van der Waals surface area contributed by atoms with Crippen LogP contribution in [0.1, 0.15) is 5.01 Å². The lowest BCUT2D eigenvalue weighted by Crippen LogP contribution is -2.01. The minimum atomic E-state index is 0.0640. The van der Waals surface area contributed by atoms with Gasteiger partial charge < -0.3 is 5.11 Å². The number of nitrogens with zero attached hydrogens (tertiary/aromatic N) is 7. The van der Waals surface area contributed by atoms with E-state index in [9.17, 15) is 0 Å². The molecule has 0 saturated heterocycles. The molecule has 8 nitrogen and oxygen atoms in total. The first-order chi connectivity index (χ1) is 13.3. The minimum Gasteiger partial charge on any atom is -0.394 e. The number of hydrogen-bond acceptors (Lipinski definition) is 7. The summed E-state index contributed by atoms with van der Waals surface area (Å²) in [6.45, 7) is 1.10. The molecule has 0 unspecified atom stereocenters. The van der Waals surface area contributed by atoms with Gasteiger partial charge in [-0.05, 0) is 23.8 Å². The first kappa shape index (κ1) is 16.0. The van der Waals surface area contributed by atoms with Gasteiger partial charge in [0.1, 0.15) is 10.5 Å². The van der Waals surface area contributed by atoms with E-state index in [0.717, 1.165) is 37.4 Å². The smallest absolute Gasteiger partial charge is 0.116 e. The number of thiazole rings is 1. The van der Waals surface area contributed by atoms with Gasteiger partial charge in [0, 0.05) is 18.0 Å². The van der Waals surface area contributed by atoms with E-state index in [2.05, 4.69) is 31.4 Å². The van der Waals surface area contributed by atoms with Crippen LogP contribution in [-0.4, -0.2) is 46.5 Å². The summed E-state index contributed by atoms with van der Waals surface area (Å²) in [6.07, 6.45) is 7.27. The average molecular weight is 377 g/mol. The third-order valence-electron chi connectivity index (χ3n) is 4.33. The fraction of sp³-hybridized carbons (Fsp3) is 0.167. The second-order valence-electron chi connectivity index (χ2n) is 6.12. The summed E-state index contributed by atoms with van der Waals surface area (Å²) in [5.74, 6) is 0. The van der Waals surface area contributed by atoms with Gasteiger partial charge in [-0.25, -0.2) is 9.67 Å². The van der Waals surface area contributed by atoms with Crippen molar-refractivity contribution in [3.05, 3.63) is 54.1 Å². The van der Waals surface area contributed by atoms with Gasteiger partial charge in [0.2, 0.25) is 0 Å². The minimum absolute atomic E-state index is 0.0640. The summed E-state index contributed by atoms with van der Waals surface area (Å²) in [5, 5.41) is 22.8. The first-order valence-corrected chi connectivity index (χ1v) is 9.28. The van der Waals surface area contributed by atoms with Crippen LogP contribution in [0.3, 0.4) is 0 Å². The highest BCUT2D eigenvalue weighted by Crippen LogP contribution is 2.25. The molecule has 27 heavy (non-hydrogen) atoms. The van der Waals surface area contributed by atoms with Crippen molar-refractivity contribution in [2.45, 2.75) is 13.1 Å². The van der Waals surface area contributed by atoms with Crippen molar-refractivity contribution in [3.8, 4) is 11.1 Å². The molecule has 0 aliphatic rings. The molecule has 4 aromatic heterocycles. The van der Waals surface area contributed by atoms with Gasteiger partial charge in [0.25, 0.3) is 0 Å². The second kappa shape index (κ2) is 6.53. The summed E-state index contributed by atoms with van der Waals surface area (Å²) in [7, 11) is 0. The number of aliphatic hydroxyl groups is 1. The molecular formula is C18H15N7OS. The lowest BCUT2D eigenvalue weighted by atomic mass is 10.1. The largest absolute Gasteiger partial charge is 0.394 e. The zero-order valence-corrected chi connectivity index (χ0v) is 15.0. The van der Waals surface area contributed by atoms with E-state index in [1.165, 1.54) is 0 Å². The summed E-state index contributed by atoms with van der Waals surface area (Å²) >= 11 is 1.64. The quantitative estimate of drug-likeness (QED) is 0.505. The zero-order chi connectivity index (χ0) is 18.2. The predicted octanol–water partition coefficient (Wildman–Crippen LogP) is 2.34. The Morgan fingerprint density at radius 3 is 2.93 bits per heavy atom. The molecule has 4 heterocycles. The van der Waals surface area contributed by atoms with Crippen LogP contribution in [0.4, 0.5) is 0 Å². The molecule has 0 aliphatic carbocycles. The highest BCUT2D eigenvalue weighted by Gasteiger charge is 2.11. The van der Waals surface area contributed by atoms with Gasteiger partial charge in [0.15, 0.2) is 0 Å². The van der Waals surface area contributed by atoms with Gasteiger partial charge in [0.05, 0.1) is 47.8 Å². The number of benzene rings is 1. The molecule has 0 saturated carbocycles. The Balaban J connectivity index is 1.50. The van der Waals surface area contributed by atoms with Crippen LogP contribution >= 0.6 is 11.3 Å². The van der Waals surface area contributed by atoms with E-state index in [4.69, 9.17) is 5.11 Å². The second-order valence-corrected chi connectivity index (χ2v) is 7.23. The van der Waals surface area contributed by atoms with Crippen molar-refractivity contribution in [2.75, 3.05) is 6.61 Å². The molecular weight excluding hydrogens is 362 g/mol. The molecule has 0 fully saturated rings. The Morgan fingerprint density at radius 1 is 1.07 bits per heavy atom. The van der Waals surface area contributed by atoms with Crippen LogP contribution in [0.5, 0.6) is 0 Å². The van der Waals surface area contributed by atoms with Crippen LogP contribution in [0.25, 0.3) is 32.4 Å². The molecule has 1 aromatic carbocycles. The van der Waals surface area contributed by atoms with Gasteiger partial charge in [-0.15, -0.1) is 16.4 Å². The third-order valence-corrected chi connectivity index (χ3v) is 5.35. The van der Waals surface area contributed by atoms with E-state index in [1.54, 1.807) is 34.6 Å². The fourth-order valence-electron chi connectivity index (χ4n) is 3.02. The van der Waals surface area contributed by atoms with Crippen molar-refractivity contribution in [3.63, 3.8) is 0 Å². The lowest BCUT2D eigenvalue weighted by molar-refractivity contribution is 0.269. The molecule has 0 atom stereocenters. The Morgan fingerprint density at radius 2 is 2.04 bits per heavy atom. The SMILES string of the molecule is OCCn1cc(-c2ccc3nnn(Cc4nc5cnccc5s4)c3c2)cn1. The summed E-state index contributed by atoms with van der Waals surface area (Å²) in [4.78, 5) is 8.75. The van der Waals surface area contributed by atoms with Gasteiger partial charge in [-0.1, -0.05) is 11.3 Å². The lowest BCUT2D eigenvalue weighted by Gasteiger charge is -2.01. The van der Waals surface area contributed by atoms with Crippen molar-refractivity contribution in [1.82, 2.24) is 34.7 Å². The van der Waals surface area contributed by atoms with Crippen LogP contribution in [-0.2, 0) is 13.1 Å². The van der Waals surface area contributed by atoms with Crippen LogP contribution in [0, 0.1) is 0 Å². The topological polar surface area (TPSA) is 94.5 Å². The summed E-state index contributed by atoms with van der Waals surface area (Å²) < 4.78 is 4.70. The van der Waals surface area contributed by atoms with Crippen LogP contribution < -0.4 is 0 Å². The molecule has 0 spiro atoms. The van der Waals surface area contributed by atoms with Crippen LogP contribution in [0.2, 0.25) is 0 Å². The molecule has 9 heteroatoms. The normalized spacial score (nSPS) is 11.6.